The molecule has 0 spiro atoms. The maximum Gasteiger partial charge on any atom is 0.337 e. The van der Waals surface area contributed by atoms with Crippen LogP contribution in [-0.2, 0) is 0 Å². The minimum absolute atomic E-state index is 0.185. The van der Waals surface area contributed by atoms with Gasteiger partial charge in [0.2, 0.25) is 0 Å². The Morgan fingerprint density at radius 1 is 1.30 bits per heavy atom. The van der Waals surface area contributed by atoms with E-state index in [1.54, 1.807) is 23.0 Å². The van der Waals surface area contributed by atoms with Gasteiger partial charge in [0, 0.05) is 0 Å². The predicted octanol–water partition coefficient (Wildman–Crippen LogP) is 3.69. The standard InChI is InChI=1S/C15H11ClN2O2/c1-9-5-6-11(16)13(7-9)18-8-17-14-10(15(19)20)3-2-4-12(14)18/h2-8H,1H3,(H,19,20). The summed E-state index contributed by atoms with van der Waals surface area (Å²) in [6, 6.07) is 10.8. The number of benzene rings is 2. The Morgan fingerprint density at radius 2 is 2.10 bits per heavy atom. The second-order valence-corrected chi connectivity index (χ2v) is 4.96. The van der Waals surface area contributed by atoms with Crippen molar-refractivity contribution in [1.82, 2.24) is 9.55 Å². The molecule has 0 fully saturated rings. The minimum Gasteiger partial charge on any atom is -0.478 e. The van der Waals surface area contributed by atoms with Gasteiger partial charge in [0.15, 0.2) is 0 Å². The fraction of sp³-hybridized carbons (Fsp3) is 0.0667. The van der Waals surface area contributed by atoms with Gasteiger partial charge in [0.1, 0.15) is 11.8 Å². The molecular formula is C15H11ClN2O2. The zero-order valence-electron chi connectivity index (χ0n) is 10.7. The average Bonchev–Trinajstić information content (AvgIpc) is 2.85. The minimum atomic E-state index is -0.990. The highest BCUT2D eigenvalue weighted by Gasteiger charge is 2.14. The molecule has 0 saturated carbocycles. The predicted molar refractivity (Wildman–Crippen MR) is 77.8 cm³/mol. The molecule has 0 amide bonds. The van der Waals surface area contributed by atoms with Crippen LogP contribution in [0, 0.1) is 6.92 Å². The summed E-state index contributed by atoms with van der Waals surface area (Å²) in [4.78, 5) is 15.4. The number of aryl methyl sites for hydroxylation is 1. The molecule has 3 rings (SSSR count). The number of halogens is 1. The summed E-state index contributed by atoms with van der Waals surface area (Å²) >= 11 is 6.23. The topological polar surface area (TPSA) is 55.1 Å². The molecule has 3 aromatic rings. The smallest absolute Gasteiger partial charge is 0.337 e. The third kappa shape index (κ3) is 1.94. The molecule has 0 aliphatic carbocycles. The summed E-state index contributed by atoms with van der Waals surface area (Å²) < 4.78 is 1.80. The summed E-state index contributed by atoms with van der Waals surface area (Å²) in [6.07, 6.45) is 1.60. The Hall–Kier alpha value is -2.33. The highest BCUT2D eigenvalue weighted by molar-refractivity contribution is 6.32. The molecule has 2 aromatic carbocycles. The molecule has 0 radical (unpaired) electrons. The van der Waals surface area contributed by atoms with Crippen molar-refractivity contribution in [3.63, 3.8) is 0 Å². The van der Waals surface area contributed by atoms with Crippen molar-refractivity contribution in [2.75, 3.05) is 0 Å². The van der Waals surface area contributed by atoms with Crippen LogP contribution in [-0.4, -0.2) is 20.6 Å². The van der Waals surface area contributed by atoms with Gasteiger partial charge in [-0.2, -0.15) is 0 Å². The molecular weight excluding hydrogens is 276 g/mol. The molecule has 0 saturated heterocycles. The molecule has 0 aliphatic rings. The number of para-hydroxylation sites is 1. The van der Waals surface area contributed by atoms with Crippen molar-refractivity contribution < 1.29 is 9.90 Å². The number of fused-ring (bicyclic) bond motifs is 1. The summed E-state index contributed by atoms with van der Waals surface area (Å²) in [5.74, 6) is -0.990. The number of carboxylic acids is 1. The second kappa shape index (κ2) is 4.65. The SMILES string of the molecule is Cc1ccc(Cl)c(-n2cnc3c(C(=O)O)cccc32)c1. The first-order valence-corrected chi connectivity index (χ1v) is 6.41. The lowest BCUT2D eigenvalue weighted by atomic mass is 10.1. The van der Waals surface area contributed by atoms with Crippen molar-refractivity contribution in [3.05, 3.63) is 58.9 Å². The zero-order chi connectivity index (χ0) is 14.3. The van der Waals surface area contributed by atoms with Gasteiger partial charge in [0.05, 0.1) is 21.8 Å². The molecule has 20 heavy (non-hydrogen) atoms. The van der Waals surface area contributed by atoms with E-state index < -0.39 is 5.97 Å². The van der Waals surface area contributed by atoms with Gasteiger partial charge >= 0.3 is 5.97 Å². The molecule has 1 aromatic heterocycles. The van der Waals surface area contributed by atoms with E-state index in [4.69, 9.17) is 11.6 Å². The van der Waals surface area contributed by atoms with Crippen molar-refractivity contribution in [2.24, 2.45) is 0 Å². The van der Waals surface area contributed by atoms with E-state index >= 15 is 0 Å². The van der Waals surface area contributed by atoms with Crippen LogP contribution in [0.2, 0.25) is 5.02 Å². The summed E-state index contributed by atoms with van der Waals surface area (Å²) in [5.41, 5.74) is 3.22. The number of carbonyl (C=O) groups is 1. The number of rotatable bonds is 2. The molecule has 0 atom stereocenters. The van der Waals surface area contributed by atoms with Crippen LogP contribution < -0.4 is 0 Å². The second-order valence-electron chi connectivity index (χ2n) is 4.55. The van der Waals surface area contributed by atoms with Crippen molar-refractivity contribution in [3.8, 4) is 5.69 Å². The van der Waals surface area contributed by atoms with Gasteiger partial charge in [-0.3, -0.25) is 4.57 Å². The van der Waals surface area contributed by atoms with Crippen LogP contribution in [0.1, 0.15) is 15.9 Å². The first-order valence-electron chi connectivity index (χ1n) is 6.04. The molecule has 1 heterocycles. The van der Waals surface area contributed by atoms with Crippen LogP contribution in [0.15, 0.2) is 42.7 Å². The molecule has 5 heteroatoms. The van der Waals surface area contributed by atoms with E-state index in [0.717, 1.165) is 16.8 Å². The van der Waals surface area contributed by atoms with E-state index in [9.17, 15) is 9.90 Å². The molecule has 100 valence electrons. The van der Waals surface area contributed by atoms with Gasteiger partial charge in [-0.05, 0) is 36.8 Å². The third-order valence-corrected chi connectivity index (χ3v) is 3.49. The number of carboxylic acid groups (broad SMARTS) is 1. The van der Waals surface area contributed by atoms with E-state index in [2.05, 4.69) is 4.98 Å². The maximum atomic E-state index is 11.2. The van der Waals surface area contributed by atoms with Crippen LogP contribution in [0.25, 0.3) is 16.7 Å². The highest BCUT2D eigenvalue weighted by Crippen LogP contribution is 2.26. The lowest BCUT2D eigenvalue weighted by molar-refractivity contribution is 0.0699. The first kappa shape index (κ1) is 12.7. The molecule has 1 N–H and O–H groups in total. The quantitative estimate of drug-likeness (QED) is 0.782. The van der Waals surface area contributed by atoms with E-state index in [1.807, 2.05) is 31.2 Å². The zero-order valence-corrected chi connectivity index (χ0v) is 11.4. The average molecular weight is 287 g/mol. The van der Waals surface area contributed by atoms with Crippen molar-refractivity contribution >= 4 is 28.6 Å². The van der Waals surface area contributed by atoms with Crippen molar-refractivity contribution in [1.29, 1.82) is 0 Å². The van der Waals surface area contributed by atoms with Crippen LogP contribution in [0.5, 0.6) is 0 Å². The molecule has 0 aliphatic heterocycles. The Balaban J connectivity index is 2.31. The number of hydrogen-bond donors (Lipinski definition) is 1. The summed E-state index contributed by atoms with van der Waals surface area (Å²) in [7, 11) is 0. The highest BCUT2D eigenvalue weighted by atomic mass is 35.5. The largest absolute Gasteiger partial charge is 0.478 e. The lowest BCUT2D eigenvalue weighted by Gasteiger charge is -2.08. The third-order valence-electron chi connectivity index (χ3n) is 3.17. The van der Waals surface area contributed by atoms with Crippen LogP contribution in [0.3, 0.4) is 0 Å². The van der Waals surface area contributed by atoms with E-state index in [1.165, 1.54) is 0 Å². The number of hydrogen-bond acceptors (Lipinski definition) is 2. The van der Waals surface area contributed by atoms with Gasteiger partial charge in [-0.1, -0.05) is 23.7 Å². The number of aromatic carboxylic acids is 1. The fourth-order valence-corrected chi connectivity index (χ4v) is 2.42. The Kier molecular flexibility index (Phi) is 2.95. The molecule has 0 bridgehead atoms. The monoisotopic (exact) mass is 286 g/mol. The Labute approximate surface area is 120 Å². The molecule has 4 nitrogen and oxygen atoms in total. The molecule has 0 unspecified atom stereocenters. The number of aromatic nitrogens is 2. The van der Waals surface area contributed by atoms with E-state index in [-0.39, 0.29) is 5.56 Å². The van der Waals surface area contributed by atoms with Crippen molar-refractivity contribution in [2.45, 2.75) is 6.92 Å². The Morgan fingerprint density at radius 3 is 2.85 bits per heavy atom. The first-order chi connectivity index (χ1) is 9.58. The fourth-order valence-electron chi connectivity index (χ4n) is 2.21. The number of nitrogens with zero attached hydrogens (tertiary/aromatic N) is 2. The number of imidazole rings is 1. The van der Waals surface area contributed by atoms with E-state index in [0.29, 0.717) is 10.5 Å². The lowest BCUT2D eigenvalue weighted by Crippen LogP contribution is -1.98. The normalized spacial score (nSPS) is 10.9. The maximum absolute atomic E-state index is 11.2. The Bertz CT molecular complexity index is 824. The van der Waals surface area contributed by atoms with Gasteiger partial charge < -0.3 is 5.11 Å². The summed E-state index contributed by atoms with van der Waals surface area (Å²) in [5, 5.41) is 9.78. The van der Waals surface area contributed by atoms with Gasteiger partial charge in [-0.15, -0.1) is 0 Å². The van der Waals surface area contributed by atoms with Gasteiger partial charge in [0.25, 0.3) is 0 Å². The van der Waals surface area contributed by atoms with Gasteiger partial charge in [-0.25, -0.2) is 9.78 Å². The van der Waals surface area contributed by atoms with Crippen LogP contribution >= 0.6 is 11.6 Å². The van der Waals surface area contributed by atoms with Crippen LogP contribution in [0.4, 0.5) is 0 Å². The summed E-state index contributed by atoms with van der Waals surface area (Å²) in [6.45, 7) is 1.97.